The van der Waals surface area contributed by atoms with Crippen LogP contribution in [0, 0.1) is 0 Å². The summed E-state index contributed by atoms with van der Waals surface area (Å²) in [6, 6.07) is 8.98. The number of rotatable bonds is 2. The molecular weight excluding hydrogens is 317 g/mol. The molecule has 2 rings (SSSR count). The first-order valence-corrected chi connectivity index (χ1v) is 6.69. The molecule has 1 aromatic carbocycles. The number of aromatic nitrogens is 2. The summed E-state index contributed by atoms with van der Waals surface area (Å²) < 4.78 is -1.66. The highest BCUT2D eigenvalue weighted by atomic mass is 35.6. The lowest BCUT2D eigenvalue weighted by molar-refractivity contribution is 0.102. The van der Waals surface area contributed by atoms with Crippen LogP contribution in [0.4, 0.5) is 5.69 Å². The fourth-order valence-corrected chi connectivity index (χ4v) is 2.20. The molecule has 18 heavy (non-hydrogen) atoms. The first-order chi connectivity index (χ1) is 8.47. The second-order valence-corrected chi connectivity index (χ2v) is 6.49. The van der Waals surface area contributed by atoms with Gasteiger partial charge in [0.25, 0.3) is 5.91 Å². The van der Waals surface area contributed by atoms with Crippen molar-refractivity contribution in [3.63, 3.8) is 0 Å². The SMILES string of the molecule is O=C(Nc1ccccc1)c1nnc(C(Cl)(Cl)Cl)s1. The zero-order valence-electron chi connectivity index (χ0n) is 8.73. The van der Waals surface area contributed by atoms with Crippen LogP contribution < -0.4 is 5.32 Å². The summed E-state index contributed by atoms with van der Waals surface area (Å²) in [5.74, 6) is -0.390. The van der Waals surface area contributed by atoms with Gasteiger partial charge in [-0.3, -0.25) is 4.79 Å². The summed E-state index contributed by atoms with van der Waals surface area (Å²) in [5.41, 5.74) is 0.660. The van der Waals surface area contributed by atoms with Gasteiger partial charge in [-0.2, -0.15) is 0 Å². The Balaban J connectivity index is 2.13. The van der Waals surface area contributed by atoms with E-state index in [1.807, 2.05) is 18.2 Å². The minimum absolute atomic E-state index is 0.139. The van der Waals surface area contributed by atoms with Gasteiger partial charge >= 0.3 is 0 Å². The maximum atomic E-state index is 11.8. The summed E-state index contributed by atoms with van der Waals surface area (Å²) in [6.07, 6.45) is 0. The normalized spacial score (nSPS) is 11.3. The van der Waals surface area contributed by atoms with E-state index in [-0.39, 0.29) is 15.9 Å². The van der Waals surface area contributed by atoms with Gasteiger partial charge in [0.2, 0.25) is 8.80 Å². The molecule has 2 aromatic rings. The third-order valence-electron chi connectivity index (χ3n) is 1.89. The first kappa shape index (κ1) is 13.5. The lowest BCUT2D eigenvalue weighted by Gasteiger charge is -2.03. The van der Waals surface area contributed by atoms with Gasteiger partial charge in [0.15, 0.2) is 5.01 Å². The number of alkyl halides is 3. The number of hydrogen-bond donors (Lipinski definition) is 1. The molecule has 0 saturated heterocycles. The topological polar surface area (TPSA) is 54.9 Å². The Labute approximate surface area is 122 Å². The van der Waals surface area contributed by atoms with E-state index in [1.54, 1.807) is 12.1 Å². The Kier molecular flexibility index (Phi) is 4.07. The molecule has 0 aliphatic rings. The van der Waals surface area contributed by atoms with Crippen molar-refractivity contribution in [2.45, 2.75) is 3.79 Å². The standard InChI is InChI=1S/C10H6Cl3N3OS/c11-10(12,13)9-16-15-8(18-9)7(17)14-6-4-2-1-3-5-6/h1-5H,(H,14,17). The number of benzene rings is 1. The van der Waals surface area contributed by atoms with Crippen LogP contribution in [-0.2, 0) is 3.79 Å². The second-order valence-electron chi connectivity index (χ2n) is 3.23. The number of anilines is 1. The van der Waals surface area contributed by atoms with Crippen molar-refractivity contribution in [2.24, 2.45) is 0 Å². The lowest BCUT2D eigenvalue weighted by atomic mass is 10.3. The summed E-state index contributed by atoms with van der Waals surface area (Å²) in [7, 11) is 0. The maximum Gasteiger partial charge on any atom is 0.286 e. The lowest BCUT2D eigenvalue weighted by Crippen LogP contribution is -2.11. The fourth-order valence-electron chi connectivity index (χ4n) is 1.14. The largest absolute Gasteiger partial charge is 0.320 e. The highest BCUT2D eigenvalue weighted by Crippen LogP contribution is 2.39. The predicted molar refractivity (Wildman–Crippen MR) is 73.5 cm³/mol. The van der Waals surface area contributed by atoms with E-state index in [4.69, 9.17) is 34.8 Å². The van der Waals surface area contributed by atoms with E-state index in [0.717, 1.165) is 11.3 Å². The molecule has 1 N–H and O–H groups in total. The number of hydrogen-bond acceptors (Lipinski definition) is 4. The van der Waals surface area contributed by atoms with Gasteiger partial charge in [0.05, 0.1) is 0 Å². The fraction of sp³-hybridized carbons (Fsp3) is 0.100. The van der Waals surface area contributed by atoms with E-state index in [0.29, 0.717) is 5.69 Å². The Bertz CT molecular complexity index is 553. The maximum absolute atomic E-state index is 11.8. The van der Waals surface area contributed by atoms with E-state index in [9.17, 15) is 4.79 Å². The summed E-state index contributed by atoms with van der Waals surface area (Å²) in [6.45, 7) is 0. The van der Waals surface area contributed by atoms with Crippen molar-refractivity contribution < 1.29 is 4.79 Å². The van der Waals surface area contributed by atoms with E-state index < -0.39 is 3.79 Å². The average molecular weight is 323 g/mol. The van der Waals surface area contributed by atoms with Gasteiger partial charge in [-0.25, -0.2) is 0 Å². The number of nitrogens with one attached hydrogen (secondary N) is 1. The molecule has 0 fully saturated rings. The zero-order chi connectivity index (χ0) is 13.2. The highest BCUT2D eigenvalue weighted by Gasteiger charge is 2.29. The Morgan fingerprint density at radius 2 is 1.83 bits per heavy atom. The molecule has 0 bridgehead atoms. The van der Waals surface area contributed by atoms with Crippen molar-refractivity contribution in [1.29, 1.82) is 0 Å². The molecule has 1 heterocycles. The van der Waals surface area contributed by atoms with Crippen LogP contribution in [0.2, 0.25) is 0 Å². The summed E-state index contributed by atoms with van der Waals surface area (Å²) >= 11 is 17.9. The van der Waals surface area contributed by atoms with E-state index in [1.165, 1.54) is 0 Å². The number of carbonyl (C=O) groups is 1. The van der Waals surface area contributed by atoms with Crippen molar-refractivity contribution >= 4 is 57.7 Å². The van der Waals surface area contributed by atoms with Crippen molar-refractivity contribution in [3.8, 4) is 0 Å². The summed E-state index contributed by atoms with van der Waals surface area (Å²) in [4.78, 5) is 11.8. The first-order valence-electron chi connectivity index (χ1n) is 4.74. The van der Waals surface area contributed by atoms with Crippen molar-refractivity contribution in [1.82, 2.24) is 10.2 Å². The van der Waals surface area contributed by atoms with E-state index >= 15 is 0 Å². The molecule has 94 valence electrons. The Morgan fingerprint density at radius 1 is 1.17 bits per heavy atom. The smallest absolute Gasteiger partial charge is 0.286 e. The third-order valence-corrected chi connectivity index (χ3v) is 3.81. The molecule has 1 amide bonds. The molecule has 0 aliphatic heterocycles. The summed E-state index contributed by atoms with van der Waals surface area (Å²) in [5, 5.41) is 10.3. The highest BCUT2D eigenvalue weighted by molar-refractivity contribution is 7.14. The molecule has 0 atom stereocenters. The van der Waals surface area contributed by atoms with Crippen LogP contribution in [0.3, 0.4) is 0 Å². The predicted octanol–water partition coefficient (Wildman–Crippen LogP) is 3.62. The number of halogens is 3. The molecule has 1 aromatic heterocycles. The minimum atomic E-state index is -1.66. The van der Waals surface area contributed by atoms with Crippen LogP contribution in [0.5, 0.6) is 0 Å². The molecule has 0 aliphatic carbocycles. The zero-order valence-corrected chi connectivity index (χ0v) is 11.8. The minimum Gasteiger partial charge on any atom is -0.320 e. The molecular formula is C10H6Cl3N3OS. The second kappa shape index (κ2) is 5.40. The van der Waals surface area contributed by atoms with E-state index in [2.05, 4.69) is 15.5 Å². The van der Waals surface area contributed by atoms with Crippen LogP contribution in [-0.4, -0.2) is 16.1 Å². The van der Waals surface area contributed by atoms with Gasteiger partial charge in [-0.1, -0.05) is 64.3 Å². The quantitative estimate of drug-likeness (QED) is 0.859. The molecule has 4 nitrogen and oxygen atoms in total. The van der Waals surface area contributed by atoms with Crippen LogP contribution in [0.15, 0.2) is 30.3 Å². The van der Waals surface area contributed by atoms with Crippen molar-refractivity contribution in [3.05, 3.63) is 40.3 Å². The average Bonchev–Trinajstić information content (AvgIpc) is 2.79. The molecule has 0 unspecified atom stereocenters. The van der Waals surface area contributed by atoms with Gasteiger partial charge in [-0.05, 0) is 12.1 Å². The van der Waals surface area contributed by atoms with Gasteiger partial charge < -0.3 is 5.32 Å². The van der Waals surface area contributed by atoms with Crippen LogP contribution >= 0.6 is 46.1 Å². The molecule has 0 saturated carbocycles. The van der Waals surface area contributed by atoms with Gasteiger partial charge in [-0.15, -0.1) is 10.2 Å². The molecule has 0 radical (unpaired) electrons. The van der Waals surface area contributed by atoms with Gasteiger partial charge in [0, 0.05) is 5.69 Å². The van der Waals surface area contributed by atoms with Gasteiger partial charge in [0.1, 0.15) is 0 Å². The molecule has 0 spiro atoms. The number of para-hydroxylation sites is 1. The number of amides is 1. The number of nitrogens with zero attached hydrogens (tertiary/aromatic N) is 2. The monoisotopic (exact) mass is 321 g/mol. The third kappa shape index (κ3) is 3.32. The molecule has 8 heteroatoms. The number of carbonyl (C=O) groups excluding carboxylic acids is 1. The Morgan fingerprint density at radius 3 is 2.39 bits per heavy atom. The van der Waals surface area contributed by atoms with Crippen LogP contribution in [0.1, 0.15) is 14.8 Å². The van der Waals surface area contributed by atoms with Crippen LogP contribution in [0.25, 0.3) is 0 Å². The van der Waals surface area contributed by atoms with Crippen molar-refractivity contribution in [2.75, 3.05) is 5.32 Å². The Hall–Kier alpha value is -0.880.